The predicted octanol–water partition coefficient (Wildman–Crippen LogP) is 3.50. The number of para-hydroxylation sites is 1. The molecule has 27 heavy (non-hydrogen) atoms. The smallest absolute Gasteiger partial charge is 0.272 e. The maximum absolute atomic E-state index is 12.6. The second-order valence-electron chi connectivity index (χ2n) is 6.25. The minimum absolute atomic E-state index is 0.234. The van der Waals surface area contributed by atoms with Crippen LogP contribution in [0.3, 0.4) is 0 Å². The summed E-state index contributed by atoms with van der Waals surface area (Å²) in [5.41, 5.74) is 4.87. The molecule has 0 aliphatic carbocycles. The third-order valence-corrected chi connectivity index (χ3v) is 4.20. The summed E-state index contributed by atoms with van der Waals surface area (Å²) in [4.78, 5) is 12.6. The first-order valence-corrected chi connectivity index (χ1v) is 8.71. The molecule has 134 valence electrons. The van der Waals surface area contributed by atoms with Crippen molar-refractivity contribution < 1.29 is 4.79 Å². The van der Waals surface area contributed by atoms with Crippen LogP contribution in [0, 0.1) is 6.92 Å². The van der Waals surface area contributed by atoms with Gasteiger partial charge in [-0.25, -0.2) is 4.68 Å². The number of amides is 1. The maximum atomic E-state index is 12.6. The number of carbonyl (C=O) groups excluding carboxylic acids is 1. The van der Waals surface area contributed by atoms with Gasteiger partial charge in [-0.15, -0.1) is 0 Å². The average molecular weight is 357 g/mol. The second kappa shape index (κ2) is 7.29. The van der Waals surface area contributed by atoms with E-state index in [0.29, 0.717) is 12.2 Å². The fourth-order valence-corrected chi connectivity index (χ4v) is 2.90. The van der Waals surface area contributed by atoms with Crippen molar-refractivity contribution in [1.29, 1.82) is 0 Å². The summed E-state index contributed by atoms with van der Waals surface area (Å²) in [7, 11) is 0. The molecule has 2 aromatic heterocycles. The summed E-state index contributed by atoms with van der Waals surface area (Å²) in [5, 5.41) is 14.4. The molecule has 0 spiro atoms. The summed E-state index contributed by atoms with van der Waals surface area (Å²) in [6.07, 6.45) is 0. The highest BCUT2D eigenvalue weighted by Crippen LogP contribution is 2.24. The number of benzene rings is 2. The Kier molecular flexibility index (Phi) is 4.53. The molecule has 4 rings (SSSR count). The highest BCUT2D eigenvalue weighted by molar-refractivity contribution is 5.93. The van der Waals surface area contributed by atoms with Crippen molar-refractivity contribution in [3.8, 4) is 16.9 Å². The molecule has 0 aliphatic rings. The van der Waals surface area contributed by atoms with Crippen molar-refractivity contribution >= 4 is 5.91 Å². The fraction of sp³-hybridized carbons (Fsp3) is 0.0952. The summed E-state index contributed by atoms with van der Waals surface area (Å²) < 4.78 is 1.79. The Morgan fingerprint density at radius 1 is 1.04 bits per heavy atom. The van der Waals surface area contributed by atoms with Crippen molar-refractivity contribution in [2.75, 3.05) is 0 Å². The van der Waals surface area contributed by atoms with Gasteiger partial charge in [0.1, 0.15) is 0 Å². The first-order valence-electron chi connectivity index (χ1n) is 8.71. The Balaban J connectivity index is 1.65. The molecule has 0 fully saturated rings. The van der Waals surface area contributed by atoms with E-state index in [-0.39, 0.29) is 5.91 Å². The lowest BCUT2D eigenvalue weighted by atomic mass is 10.1. The van der Waals surface area contributed by atoms with Crippen molar-refractivity contribution in [2.45, 2.75) is 13.5 Å². The topological polar surface area (TPSA) is 75.6 Å². The Morgan fingerprint density at radius 3 is 2.41 bits per heavy atom. The Hall–Kier alpha value is -3.67. The lowest BCUT2D eigenvalue weighted by Gasteiger charge is -2.07. The van der Waals surface area contributed by atoms with Crippen LogP contribution in [-0.2, 0) is 6.54 Å². The van der Waals surface area contributed by atoms with Crippen LogP contribution in [-0.4, -0.2) is 25.9 Å². The van der Waals surface area contributed by atoms with Crippen LogP contribution in [0.15, 0.2) is 72.8 Å². The Labute approximate surface area is 156 Å². The molecule has 0 atom stereocenters. The number of rotatable bonds is 5. The molecule has 0 bridgehead atoms. The monoisotopic (exact) mass is 357 g/mol. The van der Waals surface area contributed by atoms with E-state index in [2.05, 4.69) is 20.6 Å². The molecular formula is C21H19N5O. The third-order valence-electron chi connectivity index (χ3n) is 4.20. The van der Waals surface area contributed by atoms with E-state index in [1.54, 1.807) is 4.68 Å². The quantitative estimate of drug-likeness (QED) is 0.574. The van der Waals surface area contributed by atoms with Crippen molar-refractivity contribution in [3.63, 3.8) is 0 Å². The molecule has 2 N–H and O–H groups in total. The highest BCUT2D eigenvalue weighted by atomic mass is 16.1. The molecule has 0 saturated carbocycles. The van der Waals surface area contributed by atoms with E-state index in [4.69, 9.17) is 0 Å². The fourth-order valence-electron chi connectivity index (χ4n) is 2.90. The minimum Gasteiger partial charge on any atom is -0.345 e. The van der Waals surface area contributed by atoms with Crippen LogP contribution >= 0.6 is 0 Å². The highest BCUT2D eigenvalue weighted by Gasteiger charge is 2.16. The molecule has 2 aromatic carbocycles. The normalized spacial score (nSPS) is 10.7. The lowest BCUT2D eigenvalue weighted by molar-refractivity contribution is 0.0945. The zero-order chi connectivity index (χ0) is 18.6. The van der Waals surface area contributed by atoms with Crippen LogP contribution in [0.2, 0.25) is 0 Å². The van der Waals surface area contributed by atoms with Gasteiger partial charge >= 0.3 is 0 Å². The van der Waals surface area contributed by atoms with Crippen molar-refractivity contribution in [2.24, 2.45) is 0 Å². The van der Waals surface area contributed by atoms with Gasteiger partial charge in [-0.05, 0) is 31.2 Å². The third kappa shape index (κ3) is 3.64. The predicted molar refractivity (Wildman–Crippen MR) is 103 cm³/mol. The van der Waals surface area contributed by atoms with Crippen molar-refractivity contribution in [1.82, 2.24) is 25.3 Å². The van der Waals surface area contributed by atoms with E-state index in [9.17, 15) is 4.79 Å². The maximum Gasteiger partial charge on any atom is 0.272 e. The molecule has 0 aliphatic heterocycles. The SMILES string of the molecule is Cc1cc(CNC(=O)c2cc(-c3ccccc3)n(-c3ccccc3)n2)n[nH]1. The van der Waals surface area contributed by atoms with Gasteiger partial charge in [-0.3, -0.25) is 9.89 Å². The molecule has 4 aromatic rings. The number of H-pyrrole nitrogens is 1. The van der Waals surface area contributed by atoms with E-state index in [0.717, 1.165) is 28.3 Å². The van der Waals surface area contributed by atoms with Gasteiger partial charge in [-0.2, -0.15) is 10.2 Å². The van der Waals surface area contributed by atoms with E-state index >= 15 is 0 Å². The second-order valence-corrected chi connectivity index (χ2v) is 6.25. The zero-order valence-corrected chi connectivity index (χ0v) is 14.9. The van der Waals surface area contributed by atoms with Gasteiger partial charge in [-0.1, -0.05) is 48.5 Å². The molecule has 2 heterocycles. The zero-order valence-electron chi connectivity index (χ0n) is 14.9. The van der Waals surface area contributed by atoms with E-state index in [1.165, 1.54) is 0 Å². The summed E-state index contributed by atoms with van der Waals surface area (Å²) in [6.45, 7) is 2.27. The van der Waals surface area contributed by atoms with Gasteiger partial charge in [0.25, 0.3) is 5.91 Å². The number of nitrogens with one attached hydrogen (secondary N) is 2. The van der Waals surface area contributed by atoms with E-state index < -0.39 is 0 Å². The molecule has 6 heteroatoms. The molecule has 6 nitrogen and oxygen atoms in total. The minimum atomic E-state index is -0.234. The van der Waals surface area contributed by atoms with Gasteiger partial charge in [0.05, 0.1) is 23.6 Å². The van der Waals surface area contributed by atoms with Gasteiger partial charge in [0, 0.05) is 11.3 Å². The number of aryl methyl sites for hydroxylation is 1. The van der Waals surface area contributed by atoms with Crippen LogP contribution in [0.1, 0.15) is 21.9 Å². The van der Waals surface area contributed by atoms with Crippen LogP contribution in [0.4, 0.5) is 0 Å². The first-order chi connectivity index (χ1) is 13.2. The van der Waals surface area contributed by atoms with Crippen LogP contribution in [0.25, 0.3) is 16.9 Å². The molecule has 0 radical (unpaired) electrons. The molecular weight excluding hydrogens is 338 g/mol. The van der Waals surface area contributed by atoms with Gasteiger partial charge in [0.15, 0.2) is 5.69 Å². The molecule has 0 saturated heterocycles. The van der Waals surface area contributed by atoms with Crippen LogP contribution < -0.4 is 5.32 Å². The summed E-state index contributed by atoms with van der Waals surface area (Å²) in [6, 6.07) is 23.4. The molecule has 1 amide bonds. The number of hydrogen-bond acceptors (Lipinski definition) is 3. The van der Waals surface area contributed by atoms with Crippen molar-refractivity contribution in [3.05, 3.63) is 89.9 Å². The Bertz CT molecular complexity index is 994. The largest absolute Gasteiger partial charge is 0.345 e. The number of carbonyl (C=O) groups is 1. The number of aromatic nitrogens is 4. The average Bonchev–Trinajstić information content (AvgIpc) is 3.34. The summed E-state index contributed by atoms with van der Waals surface area (Å²) in [5.74, 6) is -0.234. The summed E-state index contributed by atoms with van der Waals surface area (Å²) >= 11 is 0. The number of aromatic amines is 1. The van der Waals surface area contributed by atoms with E-state index in [1.807, 2.05) is 79.7 Å². The first kappa shape index (κ1) is 16.8. The van der Waals surface area contributed by atoms with Gasteiger partial charge < -0.3 is 5.32 Å². The standard InChI is InChI=1S/C21H19N5O/c1-15-12-17(24-23-15)14-22-21(27)19-13-20(16-8-4-2-5-9-16)26(25-19)18-10-6-3-7-11-18/h2-13H,14H2,1H3,(H,22,27)(H,23,24). The number of nitrogens with zero attached hydrogens (tertiary/aromatic N) is 3. The number of hydrogen-bond donors (Lipinski definition) is 2. The van der Waals surface area contributed by atoms with Gasteiger partial charge in [0.2, 0.25) is 0 Å². The van der Waals surface area contributed by atoms with Crippen LogP contribution in [0.5, 0.6) is 0 Å². The molecule has 0 unspecified atom stereocenters. The Morgan fingerprint density at radius 2 is 1.74 bits per heavy atom. The lowest BCUT2D eigenvalue weighted by Crippen LogP contribution is -2.23.